The number of halogens is 1. The lowest BCUT2D eigenvalue weighted by molar-refractivity contribution is 0.0670. The van der Waals surface area contributed by atoms with Gasteiger partial charge in [0.25, 0.3) is 5.91 Å². The zero-order chi connectivity index (χ0) is 14.7. The van der Waals surface area contributed by atoms with Crippen molar-refractivity contribution in [2.24, 2.45) is 0 Å². The first-order valence-corrected chi connectivity index (χ1v) is 6.83. The number of benzene rings is 1. The molecule has 0 aromatic heterocycles. The predicted octanol–water partition coefficient (Wildman–Crippen LogP) is 1.95. The van der Waals surface area contributed by atoms with Gasteiger partial charge in [0, 0.05) is 25.2 Å². The normalized spacial score (nSPS) is 21.4. The monoisotopic (exact) mass is 314 g/mol. The highest BCUT2D eigenvalue weighted by atomic mass is 35.5. The summed E-state index contributed by atoms with van der Waals surface area (Å²) in [5.74, 6) is 1.06. The Morgan fingerprint density at radius 2 is 1.81 bits per heavy atom. The number of carbonyl (C=O) groups excluding carboxylic acids is 1. The topological polar surface area (TPSA) is 50.8 Å². The van der Waals surface area contributed by atoms with Crippen LogP contribution in [0.5, 0.6) is 11.5 Å². The van der Waals surface area contributed by atoms with Crippen molar-refractivity contribution in [1.82, 2.24) is 10.2 Å². The maximum atomic E-state index is 12.7. The number of para-hydroxylation sites is 1. The van der Waals surface area contributed by atoms with Crippen molar-refractivity contribution < 1.29 is 14.3 Å². The summed E-state index contributed by atoms with van der Waals surface area (Å²) in [6.45, 7) is 5.56. The molecule has 6 heteroatoms. The van der Waals surface area contributed by atoms with Gasteiger partial charge in [0.2, 0.25) is 0 Å². The largest absolute Gasteiger partial charge is 0.493 e. The lowest BCUT2D eigenvalue weighted by Gasteiger charge is -2.36. The van der Waals surface area contributed by atoms with E-state index in [4.69, 9.17) is 9.47 Å². The standard InChI is InChI=1S/C15H22N2O3.ClH/c1-10-8-17(9-11(2)16-10)15(18)12-6-5-7-13(19-3)14(12)20-4;/h5-7,10-11,16H,8-9H2,1-4H3;1H. The summed E-state index contributed by atoms with van der Waals surface area (Å²) in [5.41, 5.74) is 0.549. The summed E-state index contributed by atoms with van der Waals surface area (Å²) in [6, 6.07) is 5.96. The van der Waals surface area contributed by atoms with E-state index in [1.807, 2.05) is 11.0 Å². The maximum absolute atomic E-state index is 12.7. The molecule has 0 bridgehead atoms. The van der Waals surface area contributed by atoms with E-state index < -0.39 is 0 Å². The predicted molar refractivity (Wildman–Crippen MR) is 84.8 cm³/mol. The lowest BCUT2D eigenvalue weighted by Crippen LogP contribution is -2.55. The van der Waals surface area contributed by atoms with Crippen LogP contribution in [0.1, 0.15) is 24.2 Å². The molecule has 1 amide bonds. The molecule has 118 valence electrons. The molecule has 5 nitrogen and oxygen atoms in total. The first kappa shape index (κ1) is 17.6. The molecular formula is C15H23ClN2O3. The van der Waals surface area contributed by atoms with Crippen LogP contribution < -0.4 is 14.8 Å². The van der Waals surface area contributed by atoms with Crippen LogP contribution in [0.4, 0.5) is 0 Å². The summed E-state index contributed by atoms with van der Waals surface area (Å²) < 4.78 is 10.6. The zero-order valence-electron chi connectivity index (χ0n) is 12.9. The van der Waals surface area contributed by atoms with Crippen molar-refractivity contribution in [3.63, 3.8) is 0 Å². The van der Waals surface area contributed by atoms with Crippen LogP contribution in [0.2, 0.25) is 0 Å². The van der Waals surface area contributed by atoms with Crippen molar-refractivity contribution >= 4 is 18.3 Å². The van der Waals surface area contributed by atoms with Gasteiger partial charge in [-0.2, -0.15) is 0 Å². The Kier molecular flexibility index (Phi) is 6.30. The molecule has 1 aliphatic rings. The van der Waals surface area contributed by atoms with E-state index in [1.165, 1.54) is 0 Å². The van der Waals surface area contributed by atoms with Crippen molar-refractivity contribution in [3.05, 3.63) is 23.8 Å². The minimum atomic E-state index is -0.0130. The highest BCUT2D eigenvalue weighted by Crippen LogP contribution is 2.31. The minimum Gasteiger partial charge on any atom is -0.493 e. The van der Waals surface area contributed by atoms with Gasteiger partial charge >= 0.3 is 0 Å². The van der Waals surface area contributed by atoms with E-state index in [1.54, 1.807) is 26.4 Å². The van der Waals surface area contributed by atoms with Gasteiger partial charge in [0.15, 0.2) is 11.5 Å². The number of nitrogens with one attached hydrogen (secondary N) is 1. The lowest BCUT2D eigenvalue weighted by atomic mass is 10.1. The highest BCUT2D eigenvalue weighted by molar-refractivity contribution is 5.98. The Bertz CT molecular complexity index is 486. The molecule has 1 heterocycles. The third kappa shape index (κ3) is 3.80. The van der Waals surface area contributed by atoms with Crippen molar-refractivity contribution in [2.45, 2.75) is 25.9 Å². The molecule has 0 radical (unpaired) electrons. The molecule has 2 atom stereocenters. The fourth-order valence-corrected chi connectivity index (χ4v) is 2.72. The van der Waals surface area contributed by atoms with Crippen LogP contribution in [0, 0.1) is 0 Å². The number of ether oxygens (including phenoxy) is 2. The number of hydrogen-bond acceptors (Lipinski definition) is 4. The van der Waals surface area contributed by atoms with Gasteiger partial charge < -0.3 is 19.7 Å². The van der Waals surface area contributed by atoms with Gasteiger partial charge in [-0.25, -0.2) is 0 Å². The number of nitrogens with zero attached hydrogens (tertiary/aromatic N) is 1. The Morgan fingerprint density at radius 3 is 2.33 bits per heavy atom. The summed E-state index contributed by atoms with van der Waals surface area (Å²) in [7, 11) is 3.12. The summed E-state index contributed by atoms with van der Waals surface area (Å²) in [6.07, 6.45) is 0. The number of amides is 1. The van der Waals surface area contributed by atoms with Crippen LogP contribution in [0.25, 0.3) is 0 Å². The Balaban J connectivity index is 0.00000220. The van der Waals surface area contributed by atoms with Gasteiger partial charge in [0.1, 0.15) is 0 Å². The molecule has 1 saturated heterocycles. The van der Waals surface area contributed by atoms with E-state index in [0.717, 1.165) is 0 Å². The van der Waals surface area contributed by atoms with Crippen molar-refractivity contribution in [3.8, 4) is 11.5 Å². The Labute approximate surface area is 132 Å². The second-order valence-electron chi connectivity index (χ2n) is 5.22. The molecule has 21 heavy (non-hydrogen) atoms. The van der Waals surface area contributed by atoms with Crippen LogP contribution in [-0.2, 0) is 0 Å². The number of carbonyl (C=O) groups is 1. The third-order valence-corrected chi connectivity index (χ3v) is 3.48. The molecule has 1 N–H and O–H groups in total. The summed E-state index contributed by atoms with van der Waals surface area (Å²) in [4.78, 5) is 14.6. The molecule has 1 fully saturated rings. The smallest absolute Gasteiger partial charge is 0.257 e. The fraction of sp³-hybridized carbons (Fsp3) is 0.533. The molecule has 0 saturated carbocycles. The quantitative estimate of drug-likeness (QED) is 0.926. The number of rotatable bonds is 3. The van der Waals surface area contributed by atoms with Gasteiger partial charge in [0.05, 0.1) is 19.8 Å². The second-order valence-corrected chi connectivity index (χ2v) is 5.22. The molecule has 1 aliphatic heterocycles. The third-order valence-electron chi connectivity index (χ3n) is 3.48. The maximum Gasteiger partial charge on any atom is 0.257 e. The number of hydrogen-bond donors (Lipinski definition) is 1. The SMILES string of the molecule is COc1cccc(C(=O)N2CC(C)NC(C)C2)c1OC.Cl. The average Bonchev–Trinajstić information content (AvgIpc) is 2.44. The van der Waals surface area contributed by atoms with E-state index in [-0.39, 0.29) is 18.3 Å². The van der Waals surface area contributed by atoms with E-state index >= 15 is 0 Å². The molecular weight excluding hydrogens is 292 g/mol. The minimum absolute atomic E-state index is 0. The van der Waals surface area contributed by atoms with Crippen LogP contribution in [-0.4, -0.2) is 50.2 Å². The molecule has 1 aromatic rings. The van der Waals surface area contributed by atoms with Crippen LogP contribution in [0.3, 0.4) is 0 Å². The number of piperazine rings is 1. The molecule has 1 aromatic carbocycles. The van der Waals surface area contributed by atoms with Crippen LogP contribution >= 0.6 is 12.4 Å². The highest BCUT2D eigenvalue weighted by Gasteiger charge is 2.28. The van der Waals surface area contributed by atoms with Crippen molar-refractivity contribution in [1.29, 1.82) is 0 Å². The van der Waals surface area contributed by atoms with Gasteiger partial charge in [-0.3, -0.25) is 4.79 Å². The Hall–Kier alpha value is -1.46. The van der Waals surface area contributed by atoms with Gasteiger partial charge in [-0.15, -0.1) is 12.4 Å². The number of methoxy groups -OCH3 is 2. The molecule has 2 unspecified atom stereocenters. The summed E-state index contributed by atoms with van der Waals surface area (Å²) in [5, 5.41) is 3.42. The molecule has 0 spiro atoms. The first-order valence-electron chi connectivity index (χ1n) is 6.83. The molecule has 0 aliphatic carbocycles. The van der Waals surface area contributed by atoms with E-state index in [2.05, 4.69) is 19.2 Å². The van der Waals surface area contributed by atoms with E-state index in [0.29, 0.717) is 42.2 Å². The average molecular weight is 315 g/mol. The van der Waals surface area contributed by atoms with Crippen molar-refractivity contribution in [2.75, 3.05) is 27.3 Å². The van der Waals surface area contributed by atoms with Gasteiger partial charge in [-0.1, -0.05) is 6.07 Å². The zero-order valence-corrected chi connectivity index (χ0v) is 13.7. The van der Waals surface area contributed by atoms with E-state index in [9.17, 15) is 4.79 Å². The fourth-order valence-electron chi connectivity index (χ4n) is 2.72. The second kappa shape index (κ2) is 7.52. The molecule has 2 rings (SSSR count). The van der Waals surface area contributed by atoms with Gasteiger partial charge in [-0.05, 0) is 26.0 Å². The summed E-state index contributed by atoms with van der Waals surface area (Å²) >= 11 is 0. The first-order chi connectivity index (χ1) is 9.56. The van der Waals surface area contributed by atoms with Crippen LogP contribution in [0.15, 0.2) is 18.2 Å². The Morgan fingerprint density at radius 1 is 1.19 bits per heavy atom.